The Balaban J connectivity index is 2.03. The number of fused-ring (bicyclic) bond motifs is 1. The molecule has 0 fully saturated rings. The summed E-state index contributed by atoms with van der Waals surface area (Å²) in [6.45, 7) is 0.578. The van der Waals surface area contributed by atoms with Gasteiger partial charge in [-0.15, -0.1) is 11.8 Å². The Morgan fingerprint density at radius 1 is 1.14 bits per heavy atom. The summed E-state index contributed by atoms with van der Waals surface area (Å²) in [6, 6.07) is 17.9. The topological polar surface area (TPSA) is 58.5 Å². The predicted octanol–water partition coefficient (Wildman–Crippen LogP) is 6.23. The summed E-state index contributed by atoms with van der Waals surface area (Å²) in [4.78, 5) is 11.4. The smallest absolute Gasteiger partial charge is 0.217 e. The van der Waals surface area contributed by atoms with Crippen molar-refractivity contribution < 1.29 is 14.2 Å². The minimum Gasteiger partial charge on any atom is -0.481 e. The van der Waals surface area contributed by atoms with Crippen LogP contribution in [0.2, 0.25) is 0 Å². The molecule has 8 heteroatoms. The molecule has 0 aliphatic carbocycles. The van der Waals surface area contributed by atoms with E-state index in [0.29, 0.717) is 30.0 Å². The lowest BCUT2D eigenvalue weighted by Crippen LogP contribution is -2.38. The SMILES string of the molecule is COc1nc2ccc(Br)cc2cc1[C@@H](c1ccc(SC)nc1)[C@@](O)(CCN(C)C)c1cccc(F)c1. The lowest BCUT2D eigenvalue weighted by atomic mass is 9.72. The highest BCUT2D eigenvalue weighted by Crippen LogP contribution is 2.47. The van der Waals surface area contributed by atoms with Gasteiger partial charge in [-0.1, -0.05) is 34.1 Å². The fourth-order valence-corrected chi connectivity index (χ4v) is 5.26. The summed E-state index contributed by atoms with van der Waals surface area (Å²) in [6.07, 6.45) is 4.09. The molecule has 36 heavy (non-hydrogen) atoms. The molecule has 5 nitrogen and oxygen atoms in total. The van der Waals surface area contributed by atoms with E-state index in [2.05, 4.69) is 20.9 Å². The van der Waals surface area contributed by atoms with E-state index in [1.807, 2.05) is 61.6 Å². The quantitative estimate of drug-likeness (QED) is 0.241. The number of hydrogen-bond donors (Lipinski definition) is 1. The number of hydrogen-bond acceptors (Lipinski definition) is 6. The molecule has 0 saturated carbocycles. The van der Waals surface area contributed by atoms with Crippen molar-refractivity contribution in [1.82, 2.24) is 14.9 Å². The van der Waals surface area contributed by atoms with E-state index in [9.17, 15) is 9.50 Å². The van der Waals surface area contributed by atoms with Crippen LogP contribution in [0.15, 0.2) is 76.4 Å². The number of nitrogens with zero attached hydrogens (tertiary/aromatic N) is 3. The summed E-state index contributed by atoms with van der Waals surface area (Å²) in [5, 5.41) is 14.3. The molecular formula is C28H29BrFN3O2S. The van der Waals surface area contributed by atoms with Crippen molar-refractivity contribution in [3.8, 4) is 5.88 Å². The average molecular weight is 571 g/mol. The van der Waals surface area contributed by atoms with Crippen LogP contribution < -0.4 is 4.74 Å². The van der Waals surface area contributed by atoms with Crippen molar-refractivity contribution in [3.63, 3.8) is 0 Å². The van der Waals surface area contributed by atoms with Crippen molar-refractivity contribution in [2.24, 2.45) is 0 Å². The first-order valence-corrected chi connectivity index (χ1v) is 13.5. The molecule has 0 aliphatic heterocycles. The summed E-state index contributed by atoms with van der Waals surface area (Å²) in [7, 11) is 5.47. The highest BCUT2D eigenvalue weighted by molar-refractivity contribution is 9.10. The maximum atomic E-state index is 14.5. The van der Waals surface area contributed by atoms with Crippen molar-refractivity contribution in [1.29, 1.82) is 0 Å². The third-order valence-electron chi connectivity index (χ3n) is 6.32. The monoisotopic (exact) mass is 569 g/mol. The van der Waals surface area contributed by atoms with Crippen molar-refractivity contribution >= 4 is 38.6 Å². The average Bonchev–Trinajstić information content (AvgIpc) is 2.87. The molecule has 2 atom stereocenters. The summed E-state index contributed by atoms with van der Waals surface area (Å²) < 4.78 is 21.2. The number of pyridine rings is 2. The summed E-state index contributed by atoms with van der Waals surface area (Å²) >= 11 is 5.09. The molecule has 2 aromatic carbocycles. The van der Waals surface area contributed by atoms with Crippen LogP contribution in [-0.4, -0.2) is 54.0 Å². The number of aliphatic hydroxyl groups is 1. The first-order chi connectivity index (χ1) is 17.2. The number of thioether (sulfide) groups is 1. The van der Waals surface area contributed by atoms with Crippen LogP contribution in [0.4, 0.5) is 4.39 Å². The fraction of sp³-hybridized carbons (Fsp3) is 0.286. The molecule has 2 aromatic heterocycles. The zero-order chi connectivity index (χ0) is 25.9. The van der Waals surface area contributed by atoms with Gasteiger partial charge in [0.1, 0.15) is 11.4 Å². The van der Waals surface area contributed by atoms with Crippen molar-refractivity contribution in [2.45, 2.75) is 23.0 Å². The molecule has 188 valence electrons. The number of methoxy groups -OCH3 is 1. The third kappa shape index (κ3) is 5.57. The first kappa shape index (κ1) is 26.5. The number of halogens is 2. The van der Waals surface area contributed by atoms with Crippen LogP contribution in [0.5, 0.6) is 5.88 Å². The maximum absolute atomic E-state index is 14.5. The summed E-state index contributed by atoms with van der Waals surface area (Å²) in [5.41, 5.74) is 1.26. The normalized spacial score (nSPS) is 14.1. The molecule has 0 unspecified atom stereocenters. The van der Waals surface area contributed by atoms with E-state index in [-0.39, 0.29) is 0 Å². The Morgan fingerprint density at radius 3 is 2.58 bits per heavy atom. The zero-order valence-electron chi connectivity index (χ0n) is 20.7. The van der Waals surface area contributed by atoms with Gasteiger partial charge in [-0.25, -0.2) is 14.4 Å². The number of aromatic nitrogens is 2. The molecule has 4 rings (SSSR count). The van der Waals surface area contributed by atoms with Gasteiger partial charge in [-0.2, -0.15) is 0 Å². The second kappa shape index (κ2) is 11.3. The number of ether oxygens (including phenoxy) is 1. The summed E-state index contributed by atoms with van der Waals surface area (Å²) in [5.74, 6) is -0.630. The molecule has 0 bridgehead atoms. The molecule has 0 saturated heterocycles. The van der Waals surface area contributed by atoms with E-state index >= 15 is 0 Å². The molecule has 0 aliphatic rings. The standard InChI is InChI=1S/C28H29BrFN3O2S/c1-33(2)13-12-28(34,20-6-5-7-22(30)16-20)26(18-8-11-25(36-4)31-17-18)23-15-19-14-21(29)9-10-24(19)32-27(23)35-3/h5-11,14-17,26,34H,12-13H2,1-4H3/t26-,28-/m1/s1. The van der Waals surface area contributed by atoms with Gasteiger partial charge in [-0.3, -0.25) is 0 Å². The van der Waals surface area contributed by atoms with Crippen molar-refractivity contribution in [2.75, 3.05) is 34.0 Å². The largest absolute Gasteiger partial charge is 0.481 e. The van der Waals surface area contributed by atoms with E-state index < -0.39 is 17.3 Å². The highest BCUT2D eigenvalue weighted by Gasteiger charge is 2.42. The Kier molecular flexibility index (Phi) is 8.30. The first-order valence-electron chi connectivity index (χ1n) is 11.5. The van der Waals surface area contributed by atoms with Crippen LogP contribution in [0.25, 0.3) is 10.9 Å². The minimum atomic E-state index is -1.48. The van der Waals surface area contributed by atoms with Gasteiger partial charge in [0.2, 0.25) is 5.88 Å². The Bertz CT molecular complexity index is 1350. The Morgan fingerprint density at radius 2 is 1.94 bits per heavy atom. The van der Waals surface area contributed by atoms with Crippen LogP contribution >= 0.6 is 27.7 Å². The lowest BCUT2D eigenvalue weighted by molar-refractivity contribution is 0.00343. The molecule has 2 heterocycles. The highest BCUT2D eigenvalue weighted by atomic mass is 79.9. The molecule has 1 N–H and O–H groups in total. The van der Waals surface area contributed by atoms with Gasteiger partial charge in [0.25, 0.3) is 0 Å². The second-order valence-corrected chi connectivity index (χ2v) is 10.7. The second-order valence-electron chi connectivity index (χ2n) is 8.98. The number of rotatable bonds is 9. The minimum absolute atomic E-state index is 0.345. The maximum Gasteiger partial charge on any atom is 0.217 e. The Labute approximate surface area is 223 Å². The van der Waals surface area contributed by atoms with Crippen LogP contribution in [-0.2, 0) is 5.60 Å². The molecule has 0 amide bonds. The van der Waals surface area contributed by atoms with Crippen LogP contribution in [0, 0.1) is 5.82 Å². The number of benzene rings is 2. The van der Waals surface area contributed by atoms with Gasteiger partial charge in [0.15, 0.2) is 0 Å². The predicted molar refractivity (Wildman–Crippen MR) is 147 cm³/mol. The van der Waals surface area contributed by atoms with E-state index in [4.69, 9.17) is 9.72 Å². The van der Waals surface area contributed by atoms with Crippen molar-refractivity contribution in [3.05, 3.63) is 93.8 Å². The lowest BCUT2D eigenvalue weighted by Gasteiger charge is -2.38. The van der Waals surface area contributed by atoms with Crippen LogP contribution in [0.1, 0.15) is 29.0 Å². The van der Waals surface area contributed by atoms with Crippen LogP contribution in [0.3, 0.4) is 0 Å². The molecule has 0 radical (unpaired) electrons. The van der Waals surface area contributed by atoms with E-state index in [0.717, 1.165) is 26.0 Å². The third-order valence-corrected chi connectivity index (χ3v) is 7.47. The van der Waals surface area contributed by atoms with Gasteiger partial charge in [0.05, 0.1) is 17.7 Å². The van der Waals surface area contributed by atoms with Gasteiger partial charge < -0.3 is 14.7 Å². The van der Waals surface area contributed by atoms with Gasteiger partial charge in [-0.05, 0) is 80.4 Å². The molecular weight excluding hydrogens is 541 g/mol. The van der Waals surface area contributed by atoms with E-state index in [1.54, 1.807) is 37.2 Å². The van der Waals surface area contributed by atoms with E-state index in [1.165, 1.54) is 12.1 Å². The molecule has 4 aromatic rings. The molecule has 0 spiro atoms. The van der Waals surface area contributed by atoms with Gasteiger partial charge >= 0.3 is 0 Å². The zero-order valence-corrected chi connectivity index (χ0v) is 23.1. The Hall–Kier alpha value is -2.52. The van der Waals surface area contributed by atoms with Gasteiger partial charge in [0, 0.05) is 34.1 Å². The fourth-order valence-electron chi connectivity index (χ4n) is 4.52.